The first-order valence-electron chi connectivity index (χ1n) is 7.39. The van der Waals surface area contributed by atoms with Crippen molar-refractivity contribution in [3.8, 4) is 5.75 Å². The third kappa shape index (κ3) is 2.84. The molecule has 2 rings (SSSR count). The van der Waals surface area contributed by atoms with Gasteiger partial charge in [0.25, 0.3) is 0 Å². The molecular formula is C17H22N2O3. The molecule has 5 heteroatoms. The number of nitrogens with one attached hydrogen (secondary N) is 2. The molecule has 2 unspecified atom stereocenters. The van der Waals surface area contributed by atoms with Gasteiger partial charge in [0.1, 0.15) is 5.75 Å². The highest BCUT2D eigenvalue weighted by Gasteiger charge is 2.43. The van der Waals surface area contributed by atoms with Gasteiger partial charge in [-0.2, -0.15) is 0 Å². The standard InChI is InChI=1S/C17H22N2O3/c1-4-17(12(2)10-18-16(17)21)9-15(19-11-20)13-5-7-14(22-3)8-6-13/h5-8,10-11,15H,4,9H2,1-3H3,(H,18,21)(H,19,20). The van der Waals surface area contributed by atoms with Crippen LogP contribution in [-0.2, 0) is 9.59 Å². The van der Waals surface area contributed by atoms with Crippen molar-refractivity contribution in [2.75, 3.05) is 7.11 Å². The van der Waals surface area contributed by atoms with Crippen LogP contribution in [0, 0.1) is 5.41 Å². The lowest BCUT2D eigenvalue weighted by Crippen LogP contribution is -2.37. The summed E-state index contributed by atoms with van der Waals surface area (Å²) < 4.78 is 5.15. The Kier molecular flexibility index (Phi) is 4.85. The molecule has 1 aromatic carbocycles. The second-order valence-corrected chi connectivity index (χ2v) is 5.55. The van der Waals surface area contributed by atoms with Crippen molar-refractivity contribution in [3.63, 3.8) is 0 Å². The molecule has 0 radical (unpaired) electrons. The number of benzene rings is 1. The van der Waals surface area contributed by atoms with Gasteiger partial charge >= 0.3 is 0 Å². The van der Waals surface area contributed by atoms with Crippen molar-refractivity contribution >= 4 is 12.3 Å². The first kappa shape index (κ1) is 16.1. The highest BCUT2D eigenvalue weighted by Crippen LogP contribution is 2.42. The van der Waals surface area contributed by atoms with E-state index in [-0.39, 0.29) is 11.9 Å². The summed E-state index contributed by atoms with van der Waals surface area (Å²) in [6, 6.07) is 7.30. The van der Waals surface area contributed by atoms with Gasteiger partial charge in [0, 0.05) is 6.20 Å². The van der Waals surface area contributed by atoms with Crippen LogP contribution in [0.3, 0.4) is 0 Å². The average Bonchev–Trinajstić information content (AvgIpc) is 2.83. The number of ether oxygens (including phenoxy) is 1. The van der Waals surface area contributed by atoms with Crippen LogP contribution < -0.4 is 15.4 Å². The Morgan fingerprint density at radius 3 is 2.50 bits per heavy atom. The molecule has 0 saturated heterocycles. The predicted octanol–water partition coefficient (Wildman–Crippen LogP) is 2.30. The summed E-state index contributed by atoms with van der Waals surface area (Å²) in [6.45, 7) is 3.95. The number of hydrogen-bond acceptors (Lipinski definition) is 3. The van der Waals surface area contributed by atoms with Gasteiger partial charge < -0.3 is 15.4 Å². The molecule has 0 aliphatic carbocycles. The molecule has 1 aliphatic heterocycles. The van der Waals surface area contributed by atoms with Crippen LogP contribution >= 0.6 is 0 Å². The molecule has 1 aliphatic rings. The first-order valence-corrected chi connectivity index (χ1v) is 7.39. The molecule has 22 heavy (non-hydrogen) atoms. The predicted molar refractivity (Wildman–Crippen MR) is 84.2 cm³/mol. The van der Waals surface area contributed by atoms with Gasteiger partial charge in [-0.3, -0.25) is 9.59 Å². The molecule has 0 fully saturated rings. The highest BCUT2D eigenvalue weighted by atomic mass is 16.5. The third-order valence-electron chi connectivity index (χ3n) is 4.55. The minimum Gasteiger partial charge on any atom is -0.497 e. The zero-order valence-electron chi connectivity index (χ0n) is 13.2. The minimum absolute atomic E-state index is 0.00119. The van der Waals surface area contributed by atoms with Crippen LogP contribution in [0.4, 0.5) is 0 Å². The van der Waals surface area contributed by atoms with Crippen LogP contribution in [0.5, 0.6) is 5.75 Å². The summed E-state index contributed by atoms with van der Waals surface area (Å²) >= 11 is 0. The largest absolute Gasteiger partial charge is 0.497 e. The van der Waals surface area contributed by atoms with E-state index < -0.39 is 5.41 Å². The van der Waals surface area contributed by atoms with Gasteiger partial charge in [0.15, 0.2) is 0 Å². The fourth-order valence-electron chi connectivity index (χ4n) is 3.01. The van der Waals surface area contributed by atoms with Crippen LogP contribution in [0.2, 0.25) is 0 Å². The van der Waals surface area contributed by atoms with E-state index in [0.717, 1.165) is 16.9 Å². The van der Waals surface area contributed by atoms with E-state index in [1.807, 2.05) is 38.1 Å². The summed E-state index contributed by atoms with van der Waals surface area (Å²) in [6.07, 6.45) is 3.67. The van der Waals surface area contributed by atoms with E-state index >= 15 is 0 Å². The summed E-state index contributed by atoms with van der Waals surface area (Å²) in [5, 5.41) is 5.63. The molecule has 118 valence electrons. The number of rotatable bonds is 7. The van der Waals surface area contributed by atoms with E-state index in [4.69, 9.17) is 4.74 Å². The Balaban J connectivity index is 2.29. The smallest absolute Gasteiger partial charge is 0.234 e. The number of amides is 2. The summed E-state index contributed by atoms with van der Waals surface area (Å²) in [5.74, 6) is 0.757. The monoisotopic (exact) mass is 302 g/mol. The molecule has 0 spiro atoms. The lowest BCUT2D eigenvalue weighted by molar-refractivity contribution is -0.128. The van der Waals surface area contributed by atoms with E-state index in [2.05, 4.69) is 10.6 Å². The zero-order chi connectivity index (χ0) is 16.2. The van der Waals surface area contributed by atoms with E-state index in [1.165, 1.54) is 0 Å². The third-order valence-corrected chi connectivity index (χ3v) is 4.55. The van der Waals surface area contributed by atoms with Crippen LogP contribution in [0.25, 0.3) is 0 Å². The minimum atomic E-state index is -0.569. The molecule has 1 aromatic rings. The van der Waals surface area contributed by atoms with Crippen molar-refractivity contribution < 1.29 is 14.3 Å². The van der Waals surface area contributed by atoms with Gasteiger partial charge in [-0.25, -0.2) is 0 Å². The molecule has 0 saturated carbocycles. The summed E-state index contributed by atoms with van der Waals surface area (Å²) in [4.78, 5) is 23.3. The van der Waals surface area contributed by atoms with Gasteiger partial charge in [-0.1, -0.05) is 19.1 Å². The van der Waals surface area contributed by atoms with E-state index in [0.29, 0.717) is 19.3 Å². The zero-order valence-corrected chi connectivity index (χ0v) is 13.2. The molecular weight excluding hydrogens is 280 g/mol. The Labute approximate surface area is 130 Å². The van der Waals surface area contributed by atoms with Crippen LogP contribution in [0.1, 0.15) is 38.3 Å². The number of methoxy groups -OCH3 is 1. The summed E-state index contributed by atoms with van der Waals surface area (Å²) in [7, 11) is 1.61. The van der Waals surface area contributed by atoms with Crippen molar-refractivity contribution in [2.24, 2.45) is 5.41 Å². The SMILES string of the molecule is CCC1(CC(NC=O)c2ccc(OC)cc2)C(=O)NC=C1C. The second-order valence-electron chi connectivity index (χ2n) is 5.55. The van der Waals surface area contributed by atoms with Gasteiger partial charge in [0.2, 0.25) is 12.3 Å². The van der Waals surface area contributed by atoms with E-state index in [9.17, 15) is 9.59 Å². The van der Waals surface area contributed by atoms with Gasteiger partial charge in [-0.15, -0.1) is 0 Å². The quantitative estimate of drug-likeness (QED) is 0.759. The van der Waals surface area contributed by atoms with E-state index in [1.54, 1.807) is 13.3 Å². The van der Waals surface area contributed by atoms with Crippen molar-refractivity contribution in [3.05, 3.63) is 41.6 Å². The Morgan fingerprint density at radius 1 is 1.36 bits per heavy atom. The molecule has 0 bridgehead atoms. The topological polar surface area (TPSA) is 67.4 Å². The van der Waals surface area contributed by atoms with Crippen LogP contribution in [0.15, 0.2) is 36.0 Å². The fraction of sp³-hybridized carbons (Fsp3) is 0.412. The highest BCUT2D eigenvalue weighted by molar-refractivity contribution is 5.89. The molecule has 2 atom stereocenters. The maximum atomic E-state index is 12.3. The Bertz CT molecular complexity index is 580. The number of carbonyl (C=O) groups is 2. The van der Waals surface area contributed by atoms with Crippen molar-refractivity contribution in [1.29, 1.82) is 0 Å². The fourth-order valence-corrected chi connectivity index (χ4v) is 3.01. The molecule has 1 heterocycles. The molecule has 2 N–H and O–H groups in total. The maximum Gasteiger partial charge on any atom is 0.234 e. The average molecular weight is 302 g/mol. The summed E-state index contributed by atoms with van der Waals surface area (Å²) in [5.41, 5.74) is 1.39. The molecule has 2 amide bonds. The number of carbonyl (C=O) groups excluding carboxylic acids is 2. The number of hydrogen-bond donors (Lipinski definition) is 2. The lowest BCUT2D eigenvalue weighted by atomic mass is 9.73. The van der Waals surface area contributed by atoms with Crippen molar-refractivity contribution in [2.45, 2.75) is 32.7 Å². The lowest BCUT2D eigenvalue weighted by Gasteiger charge is -2.31. The van der Waals surface area contributed by atoms with Gasteiger partial charge in [0.05, 0.1) is 18.6 Å². The Hall–Kier alpha value is -2.30. The van der Waals surface area contributed by atoms with Crippen LogP contribution in [-0.4, -0.2) is 19.4 Å². The Morgan fingerprint density at radius 2 is 2.05 bits per heavy atom. The van der Waals surface area contributed by atoms with Gasteiger partial charge in [-0.05, 0) is 43.0 Å². The van der Waals surface area contributed by atoms with Crippen molar-refractivity contribution in [1.82, 2.24) is 10.6 Å². The first-order chi connectivity index (χ1) is 10.6. The molecule has 5 nitrogen and oxygen atoms in total. The normalized spacial score (nSPS) is 21.8. The maximum absolute atomic E-state index is 12.3. The molecule has 0 aromatic heterocycles. The second kappa shape index (κ2) is 6.64.